The minimum Gasteiger partial charge on any atom is -0.449 e. The highest BCUT2D eigenvalue weighted by atomic mass is 16.6. The zero-order chi connectivity index (χ0) is 18.9. The summed E-state index contributed by atoms with van der Waals surface area (Å²) in [5.74, 6) is 0.712. The Morgan fingerprint density at radius 2 is 1.96 bits per heavy atom. The van der Waals surface area contributed by atoms with Crippen LogP contribution in [-0.4, -0.2) is 42.6 Å². The highest BCUT2D eigenvalue weighted by molar-refractivity contribution is 6.08. The number of rotatable bonds is 1. The van der Waals surface area contributed by atoms with Crippen molar-refractivity contribution in [2.24, 2.45) is 0 Å². The molecule has 0 unspecified atom stereocenters. The Hall–Kier alpha value is -2.70. The van der Waals surface area contributed by atoms with Gasteiger partial charge in [-0.1, -0.05) is 6.07 Å². The summed E-state index contributed by atoms with van der Waals surface area (Å²) in [6, 6.07) is 5.57. The maximum Gasteiger partial charge on any atom is 0.410 e. The van der Waals surface area contributed by atoms with Crippen molar-refractivity contribution in [2.75, 3.05) is 30.8 Å². The summed E-state index contributed by atoms with van der Waals surface area (Å²) in [5, 5.41) is 5.94. The molecule has 0 radical (unpaired) electrons. The average Bonchev–Trinajstić information content (AvgIpc) is 2.59. The normalized spacial score (nSPS) is 17.2. The molecule has 26 heavy (non-hydrogen) atoms. The van der Waals surface area contributed by atoms with Crippen molar-refractivity contribution in [2.45, 2.75) is 39.2 Å². The zero-order valence-corrected chi connectivity index (χ0v) is 15.6. The van der Waals surface area contributed by atoms with Gasteiger partial charge in [-0.3, -0.25) is 4.79 Å². The largest absolute Gasteiger partial charge is 0.449 e. The minimum absolute atomic E-state index is 0.249. The molecule has 2 aliphatic heterocycles. The lowest BCUT2D eigenvalue weighted by atomic mass is 10.0. The summed E-state index contributed by atoms with van der Waals surface area (Å²) in [4.78, 5) is 26.3. The molecule has 1 saturated heterocycles. The first-order chi connectivity index (χ1) is 12.3. The third kappa shape index (κ3) is 3.76. The van der Waals surface area contributed by atoms with Gasteiger partial charge < -0.3 is 25.0 Å². The molecule has 2 aliphatic rings. The van der Waals surface area contributed by atoms with E-state index in [0.717, 1.165) is 11.3 Å². The number of piperidine rings is 1. The number of carbonyl (C=O) groups is 2. The molecule has 7 heteroatoms. The van der Waals surface area contributed by atoms with E-state index in [9.17, 15) is 9.59 Å². The SMILES string of the molecule is CNc1cccc2c1NC(=O)C(=C1CCN(C(=O)OC(C)(C)C)CC1)O2. The van der Waals surface area contributed by atoms with Crippen molar-refractivity contribution in [3.63, 3.8) is 0 Å². The van der Waals surface area contributed by atoms with Crippen molar-refractivity contribution in [3.8, 4) is 5.75 Å². The zero-order valence-electron chi connectivity index (χ0n) is 15.6. The van der Waals surface area contributed by atoms with Gasteiger partial charge in [0.05, 0.1) is 5.69 Å². The fourth-order valence-corrected chi connectivity index (χ4v) is 3.03. The predicted molar refractivity (Wildman–Crippen MR) is 99.3 cm³/mol. The van der Waals surface area contributed by atoms with Gasteiger partial charge in [-0.2, -0.15) is 0 Å². The number of anilines is 2. The molecule has 0 bridgehead atoms. The van der Waals surface area contributed by atoms with Crippen molar-refractivity contribution < 1.29 is 19.1 Å². The fourth-order valence-electron chi connectivity index (χ4n) is 3.03. The van der Waals surface area contributed by atoms with Crippen LogP contribution in [0.25, 0.3) is 0 Å². The topological polar surface area (TPSA) is 79.9 Å². The van der Waals surface area contributed by atoms with Gasteiger partial charge in [-0.05, 0) is 51.3 Å². The number of hydrogen-bond acceptors (Lipinski definition) is 5. The Kier molecular flexibility index (Phi) is 4.80. The Morgan fingerprint density at radius 3 is 2.58 bits per heavy atom. The third-order valence-electron chi connectivity index (χ3n) is 4.29. The monoisotopic (exact) mass is 359 g/mol. The number of carbonyl (C=O) groups excluding carboxylic acids is 2. The maximum absolute atomic E-state index is 12.5. The Bertz CT molecular complexity index is 755. The van der Waals surface area contributed by atoms with Gasteiger partial charge in [-0.25, -0.2) is 4.79 Å². The van der Waals surface area contributed by atoms with Crippen LogP contribution in [0, 0.1) is 0 Å². The molecule has 1 aromatic carbocycles. The standard InChI is InChI=1S/C19H25N3O4/c1-19(2,3)26-18(24)22-10-8-12(9-11-22)16-17(23)21-15-13(20-4)6-5-7-14(15)25-16/h5-7,20H,8-11H2,1-4H3,(H,21,23). The molecule has 2 amide bonds. The van der Waals surface area contributed by atoms with Crippen LogP contribution in [0.3, 0.4) is 0 Å². The molecule has 1 aromatic rings. The third-order valence-corrected chi connectivity index (χ3v) is 4.29. The van der Waals surface area contributed by atoms with E-state index < -0.39 is 5.60 Å². The molecule has 0 saturated carbocycles. The lowest BCUT2D eigenvalue weighted by Crippen LogP contribution is -2.41. The van der Waals surface area contributed by atoms with Crippen molar-refractivity contribution >= 4 is 23.4 Å². The van der Waals surface area contributed by atoms with Crippen LogP contribution >= 0.6 is 0 Å². The van der Waals surface area contributed by atoms with E-state index in [1.807, 2.05) is 39.0 Å². The second-order valence-corrected chi connectivity index (χ2v) is 7.38. The van der Waals surface area contributed by atoms with E-state index in [1.165, 1.54) is 0 Å². The van der Waals surface area contributed by atoms with Crippen molar-refractivity contribution in [1.29, 1.82) is 0 Å². The number of ether oxygens (including phenoxy) is 2. The number of likely N-dealkylation sites (tertiary alicyclic amines) is 1. The summed E-state index contributed by atoms with van der Waals surface area (Å²) in [7, 11) is 1.79. The molecule has 3 rings (SSSR count). The van der Waals surface area contributed by atoms with Crippen molar-refractivity contribution in [3.05, 3.63) is 29.5 Å². The Balaban J connectivity index is 1.73. The Morgan fingerprint density at radius 1 is 1.27 bits per heavy atom. The van der Waals surface area contributed by atoms with Gasteiger partial charge in [-0.15, -0.1) is 0 Å². The molecule has 2 N–H and O–H groups in total. The lowest BCUT2D eigenvalue weighted by Gasteiger charge is -2.32. The summed E-state index contributed by atoms with van der Waals surface area (Å²) in [6.45, 7) is 6.56. The van der Waals surface area contributed by atoms with Gasteiger partial charge in [0, 0.05) is 20.1 Å². The average molecular weight is 359 g/mol. The van der Waals surface area contributed by atoms with E-state index in [2.05, 4.69) is 10.6 Å². The van der Waals surface area contributed by atoms with E-state index >= 15 is 0 Å². The number of amides is 2. The van der Waals surface area contributed by atoms with Gasteiger partial charge in [0.25, 0.3) is 5.91 Å². The first-order valence-electron chi connectivity index (χ1n) is 8.78. The molecule has 0 atom stereocenters. The van der Waals surface area contributed by atoms with Gasteiger partial charge in [0.15, 0.2) is 11.5 Å². The molecular formula is C19H25N3O4. The maximum atomic E-state index is 12.5. The van der Waals surface area contributed by atoms with E-state index in [4.69, 9.17) is 9.47 Å². The first kappa shape index (κ1) is 18.1. The van der Waals surface area contributed by atoms with Crippen LogP contribution in [0.2, 0.25) is 0 Å². The fraction of sp³-hybridized carbons (Fsp3) is 0.474. The molecule has 2 heterocycles. The number of para-hydroxylation sites is 1. The molecule has 0 spiro atoms. The summed E-state index contributed by atoms with van der Waals surface area (Å²) in [5.41, 5.74) is 1.86. The molecule has 7 nitrogen and oxygen atoms in total. The van der Waals surface area contributed by atoms with Crippen LogP contribution in [0.5, 0.6) is 5.75 Å². The van der Waals surface area contributed by atoms with Crippen LogP contribution in [0.4, 0.5) is 16.2 Å². The van der Waals surface area contributed by atoms with E-state index in [0.29, 0.717) is 43.1 Å². The molecule has 0 aromatic heterocycles. The van der Waals surface area contributed by atoms with E-state index in [1.54, 1.807) is 11.9 Å². The smallest absolute Gasteiger partial charge is 0.410 e. The van der Waals surface area contributed by atoms with Gasteiger partial charge in [0.1, 0.15) is 11.3 Å². The van der Waals surface area contributed by atoms with Crippen LogP contribution in [0.15, 0.2) is 29.5 Å². The van der Waals surface area contributed by atoms with Crippen LogP contribution in [-0.2, 0) is 9.53 Å². The quantitative estimate of drug-likeness (QED) is 0.752. The van der Waals surface area contributed by atoms with Crippen LogP contribution in [0.1, 0.15) is 33.6 Å². The number of nitrogens with one attached hydrogen (secondary N) is 2. The van der Waals surface area contributed by atoms with Crippen LogP contribution < -0.4 is 15.4 Å². The number of benzene rings is 1. The highest BCUT2D eigenvalue weighted by Crippen LogP contribution is 2.38. The first-order valence-corrected chi connectivity index (χ1v) is 8.78. The Labute approximate surface area is 153 Å². The number of nitrogens with zero attached hydrogens (tertiary/aromatic N) is 1. The van der Waals surface area contributed by atoms with Gasteiger partial charge in [0.2, 0.25) is 0 Å². The number of fused-ring (bicyclic) bond motifs is 1. The summed E-state index contributed by atoms with van der Waals surface area (Å²) >= 11 is 0. The second kappa shape index (κ2) is 6.90. The molecular weight excluding hydrogens is 334 g/mol. The highest BCUT2D eigenvalue weighted by Gasteiger charge is 2.31. The van der Waals surface area contributed by atoms with Gasteiger partial charge >= 0.3 is 6.09 Å². The molecule has 1 fully saturated rings. The predicted octanol–water partition coefficient (Wildman–Crippen LogP) is 3.34. The summed E-state index contributed by atoms with van der Waals surface area (Å²) in [6.07, 6.45) is 0.853. The summed E-state index contributed by atoms with van der Waals surface area (Å²) < 4.78 is 11.3. The van der Waals surface area contributed by atoms with E-state index in [-0.39, 0.29) is 12.0 Å². The second-order valence-electron chi connectivity index (χ2n) is 7.38. The molecule has 0 aliphatic carbocycles. The number of hydrogen-bond donors (Lipinski definition) is 2. The van der Waals surface area contributed by atoms with Crippen molar-refractivity contribution in [1.82, 2.24) is 4.90 Å². The molecule has 140 valence electrons. The lowest BCUT2D eigenvalue weighted by molar-refractivity contribution is -0.115. The minimum atomic E-state index is -0.517.